The topological polar surface area (TPSA) is 95.9 Å². The van der Waals surface area contributed by atoms with Gasteiger partial charge in [-0.25, -0.2) is 0 Å². The maximum Gasteiger partial charge on any atom is 0.305 e. The van der Waals surface area contributed by atoms with E-state index < -0.39 is 12.1 Å². The van der Waals surface area contributed by atoms with Gasteiger partial charge in [-0.1, -0.05) is 341 Å². The van der Waals surface area contributed by atoms with Crippen LogP contribution in [0.2, 0.25) is 0 Å². The third kappa shape index (κ3) is 57.9. The number of nitrogens with one attached hydrogen (secondary N) is 1. The summed E-state index contributed by atoms with van der Waals surface area (Å²) >= 11 is 0. The standard InChI is InChI=1S/C66H129NO5/c1-3-5-7-9-11-13-15-16-17-18-27-31-34-37-40-44-48-52-56-60-66(71)72-61-57-53-49-45-41-38-35-32-29-26-24-22-20-19-21-23-25-28-30-33-36-39-43-47-51-55-59-65(70)67-63(62-68)64(69)58-54-50-46-42-14-12-10-8-6-4-2/h54,58,63-64,68-69H,3-53,55-57,59-62H2,1-2H3,(H,67,70)/b58-54+. The molecule has 2 unspecified atom stereocenters. The highest BCUT2D eigenvalue weighted by atomic mass is 16.5. The first kappa shape index (κ1) is 70.6. The normalized spacial score (nSPS) is 12.6. The van der Waals surface area contributed by atoms with Crippen molar-refractivity contribution >= 4 is 11.9 Å². The molecule has 0 aromatic heterocycles. The predicted molar refractivity (Wildman–Crippen MR) is 315 cm³/mol. The van der Waals surface area contributed by atoms with Crippen LogP contribution in [0.4, 0.5) is 0 Å². The zero-order valence-corrected chi connectivity index (χ0v) is 48.9. The molecule has 0 aromatic carbocycles. The Bertz CT molecular complexity index is 1080. The van der Waals surface area contributed by atoms with Crippen molar-refractivity contribution in [1.82, 2.24) is 5.32 Å². The fourth-order valence-electron chi connectivity index (χ4n) is 10.5. The number of allylic oxidation sites excluding steroid dienone is 1. The Kier molecular flexibility index (Phi) is 60.9. The molecule has 6 heteroatoms. The van der Waals surface area contributed by atoms with Gasteiger partial charge < -0.3 is 20.3 Å². The van der Waals surface area contributed by atoms with Crippen molar-refractivity contribution in [2.75, 3.05) is 13.2 Å². The monoisotopic (exact) mass is 1020 g/mol. The van der Waals surface area contributed by atoms with E-state index in [2.05, 4.69) is 19.2 Å². The third-order valence-corrected chi connectivity index (χ3v) is 15.6. The van der Waals surface area contributed by atoms with Crippen LogP contribution in [0.15, 0.2) is 12.2 Å². The number of esters is 1. The van der Waals surface area contributed by atoms with E-state index in [1.54, 1.807) is 6.08 Å². The minimum Gasteiger partial charge on any atom is -0.466 e. The molecule has 428 valence electrons. The second-order valence-electron chi connectivity index (χ2n) is 22.8. The molecule has 0 heterocycles. The molecule has 2 atom stereocenters. The summed E-state index contributed by atoms with van der Waals surface area (Å²) in [6.07, 6.45) is 75.7. The van der Waals surface area contributed by atoms with Gasteiger partial charge in [0.2, 0.25) is 5.91 Å². The van der Waals surface area contributed by atoms with Crippen LogP contribution >= 0.6 is 0 Å². The van der Waals surface area contributed by atoms with Crippen LogP contribution in [0.5, 0.6) is 0 Å². The number of carbonyl (C=O) groups is 2. The minimum atomic E-state index is -0.840. The van der Waals surface area contributed by atoms with E-state index in [0.717, 1.165) is 38.5 Å². The molecule has 0 bridgehead atoms. The first-order chi connectivity index (χ1) is 35.5. The summed E-state index contributed by atoms with van der Waals surface area (Å²) in [6.45, 7) is 4.92. The highest BCUT2D eigenvalue weighted by Crippen LogP contribution is 2.19. The van der Waals surface area contributed by atoms with E-state index >= 15 is 0 Å². The zero-order valence-electron chi connectivity index (χ0n) is 48.9. The molecule has 72 heavy (non-hydrogen) atoms. The maximum atomic E-state index is 12.4. The van der Waals surface area contributed by atoms with Gasteiger partial charge in [0.25, 0.3) is 0 Å². The minimum absolute atomic E-state index is 0.0223. The Morgan fingerprint density at radius 3 is 0.944 bits per heavy atom. The van der Waals surface area contributed by atoms with E-state index in [-0.39, 0.29) is 18.5 Å². The quantitative estimate of drug-likeness (QED) is 0.0320. The molecule has 0 aliphatic heterocycles. The lowest BCUT2D eigenvalue weighted by Crippen LogP contribution is -2.45. The van der Waals surface area contributed by atoms with Crippen LogP contribution in [0, 0.1) is 0 Å². The Morgan fingerprint density at radius 1 is 0.375 bits per heavy atom. The van der Waals surface area contributed by atoms with Crippen molar-refractivity contribution < 1.29 is 24.5 Å². The van der Waals surface area contributed by atoms with Gasteiger partial charge in [-0.2, -0.15) is 0 Å². The molecular formula is C66H129NO5. The van der Waals surface area contributed by atoms with Crippen LogP contribution in [0.25, 0.3) is 0 Å². The van der Waals surface area contributed by atoms with Crippen molar-refractivity contribution in [3.8, 4) is 0 Å². The molecule has 0 saturated carbocycles. The van der Waals surface area contributed by atoms with Gasteiger partial charge in [0, 0.05) is 12.8 Å². The van der Waals surface area contributed by atoms with Crippen molar-refractivity contribution in [3.05, 3.63) is 12.2 Å². The highest BCUT2D eigenvalue weighted by Gasteiger charge is 2.18. The van der Waals surface area contributed by atoms with Gasteiger partial charge >= 0.3 is 5.97 Å². The lowest BCUT2D eigenvalue weighted by molar-refractivity contribution is -0.143. The van der Waals surface area contributed by atoms with E-state index in [1.165, 1.54) is 308 Å². The van der Waals surface area contributed by atoms with Crippen molar-refractivity contribution in [2.24, 2.45) is 0 Å². The van der Waals surface area contributed by atoms with Crippen molar-refractivity contribution in [2.45, 2.75) is 386 Å². The fraction of sp³-hybridized carbons (Fsp3) is 0.939. The highest BCUT2D eigenvalue weighted by molar-refractivity contribution is 5.76. The summed E-state index contributed by atoms with van der Waals surface area (Å²) in [7, 11) is 0. The zero-order chi connectivity index (χ0) is 52.2. The molecule has 0 aliphatic carbocycles. The number of amides is 1. The summed E-state index contributed by atoms with van der Waals surface area (Å²) in [5.74, 6) is -0.0436. The van der Waals surface area contributed by atoms with Gasteiger partial charge in [0.15, 0.2) is 0 Å². The summed E-state index contributed by atoms with van der Waals surface area (Å²) in [4.78, 5) is 24.5. The van der Waals surface area contributed by atoms with Gasteiger partial charge in [0.05, 0.1) is 25.4 Å². The molecule has 0 rings (SSSR count). The number of aliphatic hydroxyl groups is 2. The Labute approximate surface area is 450 Å². The van der Waals surface area contributed by atoms with Gasteiger partial charge in [0.1, 0.15) is 0 Å². The first-order valence-corrected chi connectivity index (χ1v) is 33.0. The van der Waals surface area contributed by atoms with Crippen LogP contribution in [-0.2, 0) is 14.3 Å². The molecule has 1 amide bonds. The molecule has 0 aliphatic rings. The Morgan fingerprint density at radius 2 is 0.639 bits per heavy atom. The van der Waals surface area contributed by atoms with Crippen LogP contribution in [0.1, 0.15) is 373 Å². The van der Waals surface area contributed by atoms with Crippen molar-refractivity contribution in [1.29, 1.82) is 0 Å². The maximum absolute atomic E-state index is 12.4. The first-order valence-electron chi connectivity index (χ1n) is 33.0. The Hall–Kier alpha value is -1.40. The van der Waals surface area contributed by atoms with E-state index in [9.17, 15) is 19.8 Å². The average Bonchev–Trinajstić information content (AvgIpc) is 3.38. The number of hydrogen-bond acceptors (Lipinski definition) is 5. The largest absolute Gasteiger partial charge is 0.466 e. The van der Waals surface area contributed by atoms with Crippen LogP contribution in [-0.4, -0.2) is 47.4 Å². The summed E-state index contributed by atoms with van der Waals surface area (Å²) < 4.78 is 5.51. The molecule has 0 saturated heterocycles. The van der Waals surface area contributed by atoms with Gasteiger partial charge in [-0.3, -0.25) is 9.59 Å². The lowest BCUT2D eigenvalue weighted by atomic mass is 10.0. The predicted octanol–water partition coefficient (Wildman–Crippen LogP) is 20.8. The van der Waals surface area contributed by atoms with Crippen LogP contribution in [0.3, 0.4) is 0 Å². The number of carbonyl (C=O) groups excluding carboxylic acids is 2. The number of aliphatic hydroxyl groups excluding tert-OH is 2. The molecule has 0 spiro atoms. The Balaban J connectivity index is 3.31. The third-order valence-electron chi connectivity index (χ3n) is 15.6. The molecule has 0 radical (unpaired) electrons. The van der Waals surface area contributed by atoms with Gasteiger partial charge in [-0.15, -0.1) is 0 Å². The second kappa shape index (κ2) is 62.1. The van der Waals surface area contributed by atoms with E-state index in [4.69, 9.17) is 4.74 Å². The summed E-state index contributed by atoms with van der Waals surface area (Å²) in [5, 5.41) is 23.0. The molecule has 0 aromatic rings. The van der Waals surface area contributed by atoms with Crippen LogP contribution < -0.4 is 5.32 Å². The second-order valence-corrected chi connectivity index (χ2v) is 22.8. The molecular weight excluding hydrogens is 887 g/mol. The number of hydrogen-bond donors (Lipinski definition) is 3. The van der Waals surface area contributed by atoms with Crippen molar-refractivity contribution in [3.63, 3.8) is 0 Å². The van der Waals surface area contributed by atoms with Gasteiger partial charge in [-0.05, 0) is 32.1 Å². The fourth-order valence-corrected chi connectivity index (χ4v) is 10.5. The smallest absolute Gasteiger partial charge is 0.305 e. The summed E-state index contributed by atoms with van der Waals surface area (Å²) in [6, 6.07) is -0.623. The van der Waals surface area contributed by atoms with E-state index in [0.29, 0.717) is 19.4 Å². The molecule has 6 nitrogen and oxygen atoms in total. The number of unbranched alkanes of at least 4 members (excludes halogenated alkanes) is 51. The summed E-state index contributed by atoms with van der Waals surface area (Å²) in [5.41, 5.74) is 0. The molecule has 3 N–H and O–H groups in total. The molecule has 0 fully saturated rings. The average molecular weight is 1020 g/mol. The lowest BCUT2D eigenvalue weighted by Gasteiger charge is -2.20. The van der Waals surface area contributed by atoms with E-state index in [1.807, 2.05) is 6.08 Å². The number of rotatable bonds is 62. The number of ether oxygens (including phenoxy) is 1. The SMILES string of the molecule is CCCCCCCCCC/C=C/C(O)C(CO)NC(=O)CCCCCCCCCCCCCCCCCCCCCCCCCCCCOC(=O)CCCCCCCCCCCCCCCCCCCCC.